The standard InChI is InChI=1S/C21H33N3O3S/c1-23(2)13-5-12-22-21(25)18-10-14-24(15-11-18)28(26,27)20-9-8-17-6-3-4-7-19(17)16-20/h8-9,16,18H,3-7,10-15H2,1-2H3,(H,22,25). The normalized spacial score (nSPS) is 18.8. The van der Waals surface area contributed by atoms with Gasteiger partial charge in [-0.3, -0.25) is 4.79 Å². The van der Waals surface area contributed by atoms with Crippen molar-refractivity contribution in [3.63, 3.8) is 0 Å². The van der Waals surface area contributed by atoms with Crippen LogP contribution in [0.2, 0.25) is 0 Å². The second-order valence-corrected chi connectivity index (χ2v) is 10.2. The second-order valence-electron chi connectivity index (χ2n) is 8.26. The average Bonchev–Trinajstić information content (AvgIpc) is 2.70. The van der Waals surface area contributed by atoms with Crippen molar-refractivity contribution in [2.45, 2.75) is 49.8 Å². The van der Waals surface area contributed by atoms with Crippen LogP contribution in [0.1, 0.15) is 43.2 Å². The van der Waals surface area contributed by atoms with E-state index in [-0.39, 0.29) is 11.8 Å². The number of rotatable bonds is 7. The molecule has 0 atom stereocenters. The number of nitrogens with zero attached hydrogens (tertiary/aromatic N) is 2. The summed E-state index contributed by atoms with van der Waals surface area (Å²) in [5.74, 6) is -0.0288. The summed E-state index contributed by atoms with van der Waals surface area (Å²) >= 11 is 0. The molecule has 1 N–H and O–H groups in total. The summed E-state index contributed by atoms with van der Waals surface area (Å²) < 4.78 is 27.6. The van der Waals surface area contributed by atoms with Crippen molar-refractivity contribution in [1.82, 2.24) is 14.5 Å². The van der Waals surface area contributed by atoms with Crippen LogP contribution in [-0.4, -0.2) is 63.8 Å². The van der Waals surface area contributed by atoms with Crippen LogP contribution in [0.25, 0.3) is 0 Å². The van der Waals surface area contributed by atoms with Gasteiger partial charge in [-0.05, 0) is 88.8 Å². The van der Waals surface area contributed by atoms with Gasteiger partial charge in [0.25, 0.3) is 0 Å². The predicted octanol–water partition coefficient (Wildman–Crippen LogP) is 2.03. The quantitative estimate of drug-likeness (QED) is 0.702. The van der Waals surface area contributed by atoms with Crippen LogP contribution < -0.4 is 5.32 Å². The molecule has 1 amide bonds. The summed E-state index contributed by atoms with van der Waals surface area (Å²) in [5.41, 5.74) is 2.47. The van der Waals surface area contributed by atoms with E-state index >= 15 is 0 Å². The number of piperidine rings is 1. The van der Waals surface area contributed by atoms with Crippen LogP contribution in [-0.2, 0) is 27.7 Å². The number of carbonyl (C=O) groups is 1. The van der Waals surface area contributed by atoms with Crippen molar-refractivity contribution >= 4 is 15.9 Å². The van der Waals surface area contributed by atoms with Crippen LogP contribution in [0.5, 0.6) is 0 Å². The molecule has 0 unspecified atom stereocenters. The zero-order chi connectivity index (χ0) is 20.1. The fraction of sp³-hybridized carbons (Fsp3) is 0.667. The number of sulfonamides is 1. The van der Waals surface area contributed by atoms with E-state index < -0.39 is 10.0 Å². The van der Waals surface area contributed by atoms with Crippen molar-refractivity contribution in [3.05, 3.63) is 29.3 Å². The third kappa shape index (κ3) is 5.13. The first-order valence-corrected chi connectivity index (χ1v) is 11.9. The van der Waals surface area contributed by atoms with Gasteiger partial charge in [0.05, 0.1) is 4.90 Å². The van der Waals surface area contributed by atoms with Gasteiger partial charge in [0.15, 0.2) is 0 Å². The Kier molecular flexibility index (Phi) is 7.12. The third-order valence-corrected chi connectivity index (χ3v) is 7.76. The number of nitrogens with one attached hydrogen (secondary N) is 1. The molecule has 6 nitrogen and oxygen atoms in total. The molecule has 1 fully saturated rings. The highest BCUT2D eigenvalue weighted by atomic mass is 32.2. The van der Waals surface area contributed by atoms with Gasteiger partial charge in [0, 0.05) is 25.6 Å². The largest absolute Gasteiger partial charge is 0.356 e. The molecule has 1 heterocycles. The Morgan fingerprint density at radius 1 is 1.14 bits per heavy atom. The molecule has 0 radical (unpaired) electrons. The minimum absolute atomic E-state index is 0.0598. The zero-order valence-corrected chi connectivity index (χ0v) is 17.9. The van der Waals surface area contributed by atoms with E-state index in [1.165, 1.54) is 17.5 Å². The molecule has 3 rings (SSSR count). The Bertz CT molecular complexity index is 784. The molecule has 0 spiro atoms. The fourth-order valence-electron chi connectivity index (χ4n) is 4.13. The van der Waals surface area contributed by atoms with Crippen molar-refractivity contribution in [3.8, 4) is 0 Å². The topological polar surface area (TPSA) is 69.7 Å². The molecule has 1 aromatic carbocycles. The van der Waals surface area contributed by atoms with E-state index in [9.17, 15) is 13.2 Å². The molecule has 1 aliphatic carbocycles. The molecule has 28 heavy (non-hydrogen) atoms. The van der Waals surface area contributed by atoms with Crippen molar-refractivity contribution in [2.24, 2.45) is 5.92 Å². The molecule has 1 aliphatic heterocycles. The van der Waals surface area contributed by atoms with E-state index in [4.69, 9.17) is 0 Å². The van der Waals surface area contributed by atoms with Gasteiger partial charge in [-0.1, -0.05) is 6.07 Å². The summed E-state index contributed by atoms with van der Waals surface area (Å²) in [6.07, 6.45) is 6.42. The number of hydrogen-bond acceptors (Lipinski definition) is 4. The lowest BCUT2D eigenvalue weighted by atomic mass is 9.92. The molecular weight excluding hydrogens is 374 g/mol. The molecule has 0 bridgehead atoms. The number of fused-ring (bicyclic) bond motifs is 1. The maximum Gasteiger partial charge on any atom is 0.243 e. The fourth-order valence-corrected chi connectivity index (χ4v) is 5.65. The third-order valence-electron chi connectivity index (χ3n) is 5.86. The molecule has 7 heteroatoms. The summed E-state index contributed by atoms with van der Waals surface area (Å²) in [7, 11) is 0.550. The van der Waals surface area contributed by atoms with Gasteiger partial charge in [-0.15, -0.1) is 0 Å². The molecule has 2 aliphatic rings. The highest BCUT2D eigenvalue weighted by Gasteiger charge is 2.32. The van der Waals surface area contributed by atoms with Crippen molar-refractivity contribution in [1.29, 1.82) is 0 Å². The minimum Gasteiger partial charge on any atom is -0.356 e. The maximum atomic E-state index is 13.0. The Labute approximate surface area is 169 Å². The average molecular weight is 408 g/mol. The minimum atomic E-state index is -3.48. The van der Waals surface area contributed by atoms with Crippen LogP contribution in [0.15, 0.2) is 23.1 Å². The summed E-state index contributed by atoms with van der Waals surface area (Å²) in [5, 5.41) is 2.99. The van der Waals surface area contributed by atoms with E-state index in [0.717, 1.165) is 32.2 Å². The smallest absolute Gasteiger partial charge is 0.243 e. The van der Waals surface area contributed by atoms with E-state index in [2.05, 4.69) is 10.2 Å². The van der Waals surface area contributed by atoms with Gasteiger partial charge >= 0.3 is 0 Å². The number of benzene rings is 1. The summed E-state index contributed by atoms with van der Waals surface area (Å²) in [4.78, 5) is 14.8. The molecule has 1 aromatic rings. The Morgan fingerprint density at radius 2 is 1.82 bits per heavy atom. The zero-order valence-electron chi connectivity index (χ0n) is 17.1. The number of aryl methyl sites for hydroxylation is 2. The summed E-state index contributed by atoms with van der Waals surface area (Å²) in [6, 6.07) is 5.60. The Morgan fingerprint density at radius 3 is 2.50 bits per heavy atom. The molecular formula is C21H33N3O3S. The van der Waals surface area contributed by atoms with E-state index in [0.29, 0.717) is 37.4 Å². The van der Waals surface area contributed by atoms with Crippen molar-refractivity contribution < 1.29 is 13.2 Å². The van der Waals surface area contributed by atoms with E-state index in [1.807, 2.05) is 26.2 Å². The molecule has 0 saturated carbocycles. The lowest BCUT2D eigenvalue weighted by molar-refractivity contribution is -0.126. The monoisotopic (exact) mass is 407 g/mol. The van der Waals surface area contributed by atoms with Gasteiger partial charge in [-0.2, -0.15) is 4.31 Å². The van der Waals surface area contributed by atoms with Crippen LogP contribution >= 0.6 is 0 Å². The number of hydrogen-bond donors (Lipinski definition) is 1. The Balaban J connectivity index is 1.54. The SMILES string of the molecule is CN(C)CCCNC(=O)C1CCN(S(=O)(=O)c2ccc3c(c2)CCCC3)CC1. The number of amides is 1. The van der Waals surface area contributed by atoms with Gasteiger partial charge in [-0.25, -0.2) is 8.42 Å². The Hall–Kier alpha value is -1.44. The van der Waals surface area contributed by atoms with Gasteiger partial charge in [0.1, 0.15) is 0 Å². The first kappa shape index (κ1) is 21.3. The second kappa shape index (κ2) is 9.37. The van der Waals surface area contributed by atoms with Gasteiger partial charge < -0.3 is 10.2 Å². The lowest BCUT2D eigenvalue weighted by Gasteiger charge is -2.31. The molecule has 0 aromatic heterocycles. The number of carbonyl (C=O) groups excluding carboxylic acids is 1. The maximum absolute atomic E-state index is 13.0. The molecule has 1 saturated heterocycles. The predicted molar refractivity (Wildman–Crippen MR) is 111 cm³/mol. The molecule has 156 valence electrons. The van der Waals surface area contributed by atoms with Crippen LogP contribution in [0, 0.1) is 5.92 Å². The van der Waals surface area contributed by atoms with E-state index in [1.54, 1.807) is 10.4 Å². The summed E-state index contributed by atoms with van der Waals surface area (Å²) in [6.45, 7) is 2.44. The highest BCUT2D eigenvalue weighted by molar-refractivity contribution is 7.89. The van der Waals surface area contributed by atoms with Crippen LogP contribution in [0.3, 0.4) is 0 Å². The first-order chi connectivity index (χ1) is 13.4. The first-order valence-electron chi connectivity index (χ1n) is 10.4. The lowest BCUT2D eigenvalue weighted by Crippen LogP contribution is -2.43. The van der Waals surface area contributed by atoms with Crippen molar-refractivity contribution in [2.75, 3.05) is 40.3 Å². The van der Waals surface area contributed by atoms with Crippen LogP contribution in [0.4, 0.5) is 0 Å². The highest BCUT2D eigenvalue weighted by Crippen LogP contribution is 2.28. The van der Waals surface area contributed by atoms with Gasteiger partial charge in [0.2, 0.25) is 15.9 Å².